The van der Waals surface area contributed by atoms with Crippen molar-refractivity contribution in [3.63, 3.8) is 0 Å². The number of carbonyl (C=O) groups is 1. The first-order valence-corrected chi connectivity index (χ1v) is 7.42. The maximum atomic E-state index is 13.2. The van der Waals surface area contributed by atoms with Crippen LogP contribution in [0.2, 0.25) is 0 Å². The molecule has 0 heterocycles. The van der Waals surface area contributed by atoms with Crippen molar-refractivity contribution in [2.24, 2.45) is 0 Å². The molecule has 0 saturated heterocycles. The van der Waals surface area contributed by atoms with E-state index in [1.54, 1.807) is 13.1 Å². The molecule has 0 atom stereocenters. The molecule has 0 aliphatic rings. The van der Waals surface area contributed by atoms with Crippen molar-refractivity contribution in [1.29, 1.82) is 0 Å². The second-order valence-corrected chi connectivity index (χ2v) is 5.92. The lowest BCUT2D eigenvalue weighted by Gasteiger charge is -2.18. The molecule has 0 aromatic heterocycles. The number of hydrogen-bond donors (Lipinski definition) is 0. The molecule has 0 aliphatic carbocycles. The lowest BCUT2D eigenvalue weighted by atomic mass is 10.1. The summed E-state index contributed by atoms with van der Waals surface area (Å²) in [5, 5.41) is 0. The zero-order valence-corrected chi connectivity index (χ0v) is 13.8. The molecule has 2 aromatic carbocycles. The van der Waals surface area contributed by atoms with Gasteiger partial charge in [-0.15, -0.1) is 0 Å². The van der Waals surface area contributed by atoms with Crippen LogP contribution in [0.15, 0.2) is 36.4 Å². The Morgan fingerprint density at radius 2 is 1.90 bits per heavy atom. The van der Waals surface area contributed by atoms with Crippen molar-refractivity contribution in [1.82, 2.24) is 4.90 Å². The minimum atomic E-state index is -0.904. The van der Waals surface area contributed by atoms with E-state index in [2.05, 4.69) is 22.6 Å². The van der Waals surface area contributed by atoms with Crippen LogP contribution in [0.3, 0.4) is 0 Å². The molecule has 21 heavy (non-hydrogen) atoms. The summed E-state index contributed by atoms with van der Waals surface area (Å²) in [5.41, 5.74) is 2.19. The van der Waals surface area contributed by atoms with Gasteiger partial charge < -0.3 is 4.90 Å². The minimum absolute atomic E-state index is 0.146. The average molecular weight is 401 g/mol. The van der Waals surface area contributed by atoms with Crippen molar-refractivity contribution in [3.05, 3.63) is 68.3 Å². The molecular weight excluding hydrogens is 387 g/mol. The summed E-state index contributed by atoms with van der Waals surface area (Å²) >= 11 is 2.14. The third-order valence-electron chi connectivity index (χ3n) is 3.17. The zero-order chi connectivity index (χ0) is 15.6. The quantitative estimate of drug-likeness (QED) is 0.708. The Bertz CT molecular complexity index is 688. The topological polar surface area (TPSA) is 20.3 Å². The van der Waals surface area contributed by atoms with Gasteiger partial charge in [-0.05, 0) is 58.8 Å². The second kappa shape index (κ2) is 6.51. The monoisotopic (exact) mass is 401 g/mol. The molecule has 0 fully saturated rings. The SMILES string of the molecule is Cc1cccc(C(=O)N(C)Cc2ccc(F)c(F)c2)c1I. The van der Waals surface area contributed by atoms with Crippen molar-refractivity contribution in [2.75, 3.05) is 7.05 Å². The van der Waals surface area contributed by atoms with E-state index < -0.39 is 11.6 Å². The molecule has 2 rings (SSSR count). The van der Waals surface area contributed by atoms with Crippen molar-refractivity contribution in [3.8, 4) is 0 Å². The number of amides is 1. The number of nitrogens with zero attached hydrogens (tertiary/aromatic N) is 1. The van der Waals surface area contributed by atoms with Crippen molar-refractivity contribution < 1.29 is 13.6 Å². The molecule has 0 N–H and O–H groups in total. The van der Waals surface area contributed by atoms with Gasteiger partial charge in [-0.2, -0.15) is 0 Å². The lowest BCUT2D eigenvalue weighted by Crippen LogP contribution is -2.27. The fraction of sp³-hybridized carbons (Fsp3) is 0.188. The van der Waals surface area contributed by atoms with Crippen molar-refractivity contribution in [2.45, 2.75) is 13.5 Å². The first-order valence-electron chi connectivity index (χ1n) is 6.34. The highest BCUT2D eigenvalue weighted by Crippen LogP contribution is 2.19. The van der Waals surface area contributed by atoms with Gasteiger partial charge in [0.05, 0.1) is 5.56 Å². The van der Waals surface area contributed by atoms with Crippen molar-refractivity contribution >= 4 is 28.5 Å². The molecule has 0 saturated carbocycles. The van der Waals surface area contributed by atoms with Gasteiger partial charge in [0.15, 0.2) is 11.6 Å². The van der Waals surface area contributed by atoms with Crippen LogP contribution in [0.25, 0.3) is 0 Å². The Labute approximate surface area is 135 Å². The number of hydrogen-bond acceptors (Lipinski definition) is 1. The normalized spacial score (nSPS) is 10.5. The van der Waals surface area contributed by atoms with Crippen LogP contribution in [0, 0.1) is 22.1 Å². The smallest absolute Gasteiger partial charge is 0.254 e. The maximum Gasteiger partial charge on any atom is 0.254 e. The molecular formula is C16H14F2INO. The van der Waals surface area contributed by atoms with Crippen LogP contribution in [-0.4, -0.2) is 17.9 Å². The third kappa shape index (κ3) is 3.58. The third-order valence-corrected chi connectivity index (χ3v) is 4.60. The van der Waals surface area contributed by atoms with Crippen LogP contribution in [0.5, 0.6) is 0 Å². The first-order chi connectivity index (χ1) is 9.90. The van der Waals surface area contributed by atoms with Crippen LogP contribution >= 0.6 is 22.6 Å². The standard InChI is InChI=1S/C16H14F2INO/c1-10-4-3-5-12(15(10)19)16(21)20(2)9-11-6-7-13(17)14(18)8-11/h3-8H,9H2,1-2H3. The molecule has 0 aliphatic heterocycles. The highest BCUT2D eigenvalue weighted by Gasteiger charge is 2.16. The fourth-order valence-corrected chi connectivity index (χ4v) is 2.59. The Balaban J connectivity index is 2.19. The number of aryl methyl sites for hydroxylation is 1. The second-order valence-electron chi connectivity index (χ2n) is 4.85. The average Bonchev–Trinajstić information content (AvgIpc) is 2.45. The molecule has 1 amide bonds. The molecule has 0 unspecified atom stereocenters. The van der Waals surface area contributed by atoms with Gasteiger partial charge in [-0.3, -0.25) is 4.79 Å². The molecule has 2 aromatic rings. The number of benzene rings is 2. The summed E-state index contributed by atoms with van der Waals surface area (Å²) in [6, 6.07) is 9.19. The van der Waals surface area contributed by atoms with E-state index in [4.69, 9.17) is 0 Å². The van der Waals surface area contributed by atoms with E-state index in [0.717, 1.165) is 21.3 Å². The summed E-state index contributed by atoms with van der Waals surface area (Å²) in [4.78, 5) is 13.9. The summed E-state index contributed by atoms with van der Waals surface area (Å²) < 4.78 is 27.0. The van der Waals surface area contributed by atoms with Gasteiger partial charge in [-0.25, -0.2) is 8.78 Å². The number of carbonyl (C=O) groups excluding carboxylic acids is 1. The molecule has 110 valence electrons. The van der Waals surface area contributed by atoms with Gasteiger partial charge in [0.2, 0.25) is 0 Å². The molecule has 5 heteroatoms. The summed E-state index contributed by atoms with van der Waals surface area (Å²) in [7, 11) is 1.64. The van der Waals surface area contributed by atoms with E-state index in [1.807, 2.05) is 19.1 Å². The van der Waals surface area contributed by atoms with E-state index in [9.17, 15) is 13.6 Å². The van der Waals surface area contributed by atoms with E-state index in [1.165, 1.54) is 11.0 Å². The Hall–Kier alpha value is -1.50. The minimum Gasteiger partial charge on any atom is -0.337 e. The van der Waals surface area contributed by atoms with Crippen LogP contribution < -0.4 is 0 Å². The van der Waals surface area contributed by atoms with Gasteiger partial charge in [0.25, 0.3) is 5.91 Å². The molecule has 0 spiro atoms. The van der Waals surface area contributed by atoms with Gasteiger partial charge >= 0.3 is 0 Å². The lowest BCUT2D eigenvalue weighted by molar-refractivity contribution is 0.0783. The Kier molecular flexibility index (Phi) is 4.92. The molecule has 0 bridgehead atoms. The Morgan fingerprint density at radius 1 is 1.19 bits per heavy atom. The first kappa shape index (κ1) is 15.9. The fourth-order valence-electron chi connectivity index (χ4n) is 2.00. The predicted molar refractivity (Wildman–Crippen MR) is 86.1 cm³/mol. The van der Waals surface area contributed by atoms with Gasteiger partial charge in [-0.1, -0.05) is 18.2 Å². The molecule has 0 radical (unpaired) electrons. The predicted octanol–water partition coefficient (Wildman–Crippen LogP) is 4.15. The van der Waals surface area contributed by atoms with Crippen LogP contribution in [-0.2, 0) is 6.54 Å². The van der Waals surface area contributed by atoms with E-state index in [0.29, 0.717) is 11.1 Å². The van der Waals surface area contributed by atoms with Crippen LogP contribution in [0.1, 0.15) is 21.5 Å². The van der Waals surface area contributed by atoms with Crippen LogP contribution in [0.4, 0.5) is 8.78 Å². The number of halogens is 3. The molecule has 2 nitrogen and oxygen atoms in total. The van der Waals surface area contributed by atoms with E-state index in [-0.39, 0.29) is 12.5 Å². The Morgan fingerprint density at radius 3 is 2.57 bits per heavy atom. The summed E-state index contributed by atoms with van der Waals surface area (Å²) in [6.45, 7) is 2.16. The van der Waals surface area contributed by atoms with Gasteiger partial charge in [0.1, 0.15) is 0 Å². The highest BCUT2D eigenvalue weighted by atomic mass is 127. The van der Waals surface area contributed by atoms with E-state index >= 15 is 0 Å². The number of rotatable bonds is 3. The van der Waals surface area contributed by atoms with Gasteiger partial charge in [0, 0.05) is 17.2 Å². The summed E-state index contributed by atoms with van der Waals surface area (Å²) in [5.74, 6) is -1.94. The zero-order valence-electron chi connectivity index (χ0n) is 11.7. The largest absolute Gasteiger partial charge is 0.337 e. The highest BCUT2D eigenvalue weighted by molar-refractivity contribution is 14.1. The maximum absolute atomic E-state index is 13.2. The summed E-state index contributed by atoms with van der Waals surface area (Å²) in [6.07, 6.45) is 0.